The van der Waals surface area contributed by atoms with E-state index in [4.69, 9.17) is 0 Å². The summed E-state index contributed by atoms with van der Waals surface area (Å²) in [5.74, 6) is -1.43. The van der Waals surface area contributed by atoms with Crippen LogP contribution in [0.1, 0.15) is 22.4 Å². The van der Waals surface area contributed by atoms with Crippen LogP contribution in [0.4, 0.5) is 8.78 Å². The molecule has 8 bridgehead atoms. The van der Waals surface area contributed by atoms with Crippen LogP contribution in [0, 0.1) is 27.3 Å². The molecule has 6 heteroatoms. The fourth-order valence-electron chi connectivity index (χ4n) is 3.83. The molecule has 0 atom stereocenters. The fraction of sp³-hybridized carbons (Fsp3) is 0.154. The predicted octanol–water partition coefficient (Wildman–Crippen LogP) is 6.18. The van der Waals surface area contributed by atoms with Gasteiger partial charge < -0.3 is 0 Å². The van der Waals surface area contributed by atoms with Crippen LogP contribution in [0.15, 0.2) is 54.6 Å². The zero-order valence-corrected chi connectivity index (χ0v) is 21.3. The molecule has 0 amide bonds. The molecular weight excluding hydrogens is 700 g/mol. The second-order valence-electron chi connectivity index (χ2n) is 7.60. The third-order valence-corrected chi connectivity index (χ3v) is 5.98. The van der Waals surface area contributed by atoms with Crippen molar-refractivity contribution in [1.82, 2.24) is 9.97 Å². The van der Waals surface area contributed by atoms with E-state index in [9.17, 15) is 8.78 Å². The second-order valence-corrected chi connectivity index (χ2v) is 8.85. The Hall–Kier alpha value is -1.98. The molecule has 0 unspecified atom stereocenters. The Bertz CT molecular complexity index is 1290. The monoisotopic (exact) mass is 717 g/mol. The normalized spacial score (nSPS) is 12.7. The number of benzene rings is 2. The number of nitrogens with zero attached hydrogens (tertiary/aromatic N) is 2. The van der Waals surface area contributed by atoms with Gasteiger partial charge in [-0.3, -0.25) is 9.97 Å². The van der Waals surface area contributed by atoms with E-state index in [0.717, 1.165) is 51.3 Å². The van der Waals surface area contributed by atoms with Crippen molar-refractivity contribution in [1.29, 1.82) is 0 Å². The van der Waals surface area contributed by atoms with Crippen LogP contribution in [0.3, 0.4) is 0 Å². The Morgan fingerprint density at radius 1 is 0.719 bits per heavy atom. The number of hydrogen-bond donors (Lipinski definition) is 0. The van der Waals surface area contributed by atoms with Crippen molar-refractivity contribution < 1.29 is 29.8 Å². The van der Waals surface area contributed by atoms with Crippen molar-refractivity contribution in [2.24, 2.45) is 0 Å². The molecule has 4 aromatic rings. The van der Waals surface area contributed by atoms with Crippen LogP contribution in [-0.4, -0.2) is 9.97 Å². The smallest absolute Gasteiger partial charge is 0.289 e. The Labute approximate surface area is 213 Å². The quantitative estimate of drug-likeness (QED) is 0.161. The van der Waals surface area contributed by atoms with Gasteiger partial charge in [0.15, 0.2) is 5.82 Å². The van der Waals surface area contributed by atoms with Crippen molar-refractivity contribution in [2.45, 2.75) is 25.7 Å². The van der Waals surface area contributed by atoms with Gasteiger partial charge in [-0.1, -0.05) is 32.2 Å². The molecule has 0 fully saturated rings. The van der Waals surface area contributed by atoms with Gasteiger partial charge in [0.05, 0.1) is 5.69 Å². The maximum Gasteiger partial charge on any atom is 2.00 e. The zero-order valence-electron chi connectivity index (χ0n) is 16.9. The third-order valence-electron chi connectivity index (χ3n) is 5.35. The average molecular weight is 717 g/mol. The summed E-state index contributed by atoms with van der Waals surface area (Å²) in [4.78, 5) is 8.96. The molecule has 2 nitrogen and oxygen atoms in total. The van der Waals surface area contributed by atoms with Crippen molar-refractivity contribution in [2.75, 3.05) is 0 Å². The average Bonchev–Trinajstić information content (AvgIpc) is 2.76. The van der Waals surface area contributed by atoms with Gasteiger partial charge in [-0.2, -0.15) is 35.4 Å². The van der Waals surface area contributed by atoms with Crippen LogP contribution in [0.5, 0.6) is 0 Å². The van der Waals surface area contributed by atoms with E-state index in [1.54, 1.807) is 6.07 Å². The molecule has 3 heterocycles. The van der Waals surface area contributed by atoms with Gasteiger partial charge >= 0.3 is 21.1 Å². The number of fused-ring (bicyclic) bond motifs is 10. The van der Waals surface area contributed by atoms with Gasteiger partial charge in [0.1, 0.15) is 11.5 Å². The van der Waals surface area contributed by atoms with Gasteiger partial charge in [0, 0.05) is 17.5 Å². The third kappa shape index (κ3) is 4.99. The van der Waals surface area contributed by atoms with Crippen LogP contribution >= 0.6 is 22.6 Å². The first-order chi connectivity index (χ1) is 15.0. The first-order valence-electron chi connectivity index (χ1n) is 10.1. The molecular formula is C26H17F2IN2Pt. The number of halogens is 3. The fourth-order valence-corrected chi connectivity index (χ4v) is 4.52. The SMILES string of the molecule is Fc1cc(F)c2nc1-c1[c-]c(cc(I)c1)CCc1[c-]c(ccc1)CCc1cccc-2n1.[Pt+2]. The molecule has 0 aliphatic carbocycles. The van der Waals surface area contributed by atoms with E-state index in [1.807, 2.05) is 24.3 Å². The molecule has 32 heavy (non-hydrogen) atoms. The van der Waals surface area contributed by atoms with Gasteiger partial charge in [-0.15, -0.1) is 29.3 Å². The Morgan fingerprint density at radius 2 is 1.41 bits per heavy atom. The second kappa shape index (κ2) is 9.88. The van der Waals surface area contributed by atoms with Gasteiger partial charge in [0.2, 0.25) is 0 Å². The Balaban J connectivity index is 0.00000245. The molecule has 1 aliphatic rings. The van der Waals surface area contributed by atoms with Crippen LogP contribution in [0.25, 0.3) is 22.6 Å². The molecule has 162 valence electrons. The number of hydrogen-bond acceptors (Lipinski definition) is 2. The molecule has 0 spiro atoms. The van der Waals surface area contributed by atoms with Crippen molar-refractivity contribution in [3.8, 4) is 22.6 Å². The molecule has 2 aromatic heterocycles. The summed E-state index contributed by atoms with van der Waals surface area (Å²) in [6.45, 7) is 0. The van der Waals surface area contributed by atoms with E-state index in [2.05, 4.69) is 62.9 Å². The maximum atomic E-state index is 14.7. The molecule has 0 N–H and O–H groups in total. The Kier molecular flexibility index (Phi) is 7.16. The summed E-state index contributed by atoms with van der Waals surface area (Å²) in [7, 11) is 0. The summed E-state index contributed by atoms with van der Waals surface area (Å²) in [6, 6.07) is 23.2. The minimum Gasteiger partial charge on any atom is -0.289 e. The molecule has 1 aliphatic heterocycles. The number of aromatic nitrogens is 2. The van der Waals surface area contributed by atoms with E-state index in [1.165, 1.54) is 0 Å². The number of pyridine rings is 2. The molecule has 2 aromatic carbocycles. The standard InChI is InChI=1S/C26H17F2IN2.Pt/c27-22-15-23(28)26-24-6-2-5-21(30-24)10-9-17-4-1-3-16(11-17)7-8-18-12-19(25(22)31-26)14-20(29)13-18;/h1-6,13-15H,7-10H2;/q-2;+2. The molecule has 0 radical (unpaired) electrons. The largest absolute Gasteiger partial charge is 2.00 e. The summed E-state index contributed by atoms with van der Waals surface area (Å²) in [6.07, 6.45) is 3.05. The summed E-state index contributed by atoms with van der Waals surface area (Å²) >= 11 is 2.21. The van der Waals surface area contributed by atoms with Crippen LogP contribution in [0.2, 0.25) is 0 Å². The van der Waals surface area contributed by atoms with Crippen molar-refractivity contribution >= 4 is 22.6 Å². The molecule has 0 saturated carbocycles. The predicted molar refractivity (Wildman–Crippen MR) is 124 cm³/mol. The van der Waals surface area contributed by atoms with Gasteiger partial charge in [0.25, 0.3) is 0 Å². The minimum atomic E-state index is -0.723. The van der Waals surface area contributed by atoms with E-state index >= 15 is 0 Å². The number of rotatable bonds is 0. The number of aryl methyl sites for hydroxylation is 4. The summed E-state index contributed by atoms with van der Waals surface area (Å²) in [5, 5.41) is 0. The molecule has 5 rings (SSSR count). The summed E-state index contributed by atoms with van der Waals surface area (Å²) < 4.78 is 30.4. The minimum absolute atomic E-state index is 0. The van der Waals surface area contributed by atoms with E-state index in [0.29, 0.717) is 17.7 Å². The topological polar surface area (TPSA) is 25.8 Å². The summed E-state index contributed by atoms with van der Waals surface area (Å²) in [5.41, 5.74) is 5.09. The van der Waals surface area contributed by atoms with Crippen molar-refractivity contribution in [3.63, 3.8) is 0 Å². The van der Waals surface area contributed by atoms with E-state index < -0.39 is 11.6 Å². The first kappa shape index (κ1) is 23.2. The first-order valence-corrected chi connectivity index (χ1v) is 11.2. The van der Waals surface area contributed by atoms with Crippen molar-refractivity contribution in [3.05, 3.63) is 104 Å². The molecule has 0 saturated heterocycles. The van der Waals surface area contributed by atoms with Crippen LogP contribution in [-0.2, 0) is 46.7 Å². The van der Waals surface area contributed by atoms with Gasteiger partial charge in [-0.05, 0) is 37.8 Å². The van der Waals surface area contributed by atoms with E-state index in [-0.39, 0.29) is 32.5 Å². The van der Waals surface area contributed by atoms with Crippen LogP contribution < -0.4 is 0 Å². The van der Waals surface area contributed by atoms with Gasteiger partial charge in [-0.25, -0.2) is 8.78 Å². The maximum absolute atomic E-state index is 14.7. The Morgan fingerprint density at radius 3 is 2.22 bits per heavy atom. The zero-order chi connectivity index (χ0) is 21.4.